The van der Waals surface area contributed by atoms with Crippen molar-refractivity contribution in [1.82, 2.24) is 5.43 Å². The van der Waals surface area contributed by atoms with Gasteiger partial charge in [-0.05, 0) is 37.3 Å². The molecule has 124 valence electrons. The van der Waals surface area contributed by atoms with E-state index in [-0.39, 0.29) is 12.2 Å². The van der Waals surface area contributed by atoms with Crippen LogP contribution >= 0.6 is 15.9 Å². The number of hydrogen-bond donors (Lipinski definition) is 3. The van der Waals surface area contributed by atoms with Crippen LogP contribution in [-0.2, 0) is 9.59 Å². The molecule has 0 aliphatic rings. The Morgan fingerprint density at radius 3 is 2.58 bits per heavy atom. The van der Waals surface area contributed by atoms with Crippen LogP contribution in [0.4, 0.5) is 5.69 Å². The minimum atomic E-state index is -0.551. The second kappa shape index (κ2) is 8.26. The molecule has 0 aliphatic carbocycles. The van der Waals surface area contributed by atoms with Gasteiger partial charge in [0.15, 0.2) is 0 Å². The summed E-state index contributed by atoms with van der Waals surface area (Å²) in [5.41, 5.74) is 4.39. The molecule has 0 fully saturated rings. The molecule has 6 nitrogen and oxygen atoms in total. The summed E-state index contributed by atoms with van der Waals surface area (Å²) in [6.45, 7) is 1.94. The fraction of sp³-hybridized carbons (Fsp3) is 0.118. The predicted octanol–water partition coefficient (Wildman–Crippen LogP) is 2.94. The first kappa shape index (κ1) is 17.7. The van der Waals surface area contributed by atoms with Crippen LogP contribution in [0.2, 0.25) is 0 Å². The third kappa shape index (κ3) is 5.51. The van der Waals surface area contributed by atoms with Gasteiger partial charge in [0.05, 0.1) is 6.21 Å². The topological polar surface area (TPSA) is 90.8 Å². The normalized spacial score (nSPS) is 10.6. The molecule has 0 saturated carbocycles. The number of carbonyl (C=O) groups is 2. The number of nitrogens with zero attached hydrogens (tertiary/aromatic N) is 1. The van der Waals surface area contributed by atoms with Gasteiger partial charge in [0.1, 0.15) is 12.2 Å². The summed E-state index contributed by atoms with van der Waals surface area (Å²) in [7, 11) is 0. The third-order valence-corrected chi connectivity index (χ3v) is 3.53. The number of hydrazone groups is 1. The van der Waals surface area contributed by atoms with Crippen LogP contribution in [0.25, 0.3) is 0 Å². The van der Waals surface area contributed by atoms with Crippen molar-refractivity contribution in [3.05, 3.63) is 58.1 Å². The molecule has 0 spiro atoms. The Balaban J connectivity index is 1.84. The molecule has 2 rings (SSSR count). The van der Waals surface area contributed by atoms with E-state index >= 15 is 0 Å². The Labute approximate surface area is 147 Å². The van der Waals surface area contributed by atoms with Gasteiger partial charge in [-0.1, -0.05) is 33.6 Å². The molecule has 0 unspecified atom stereocenters. The van der Waals surface area contributed by atoms with Gasteiger partial charge < -0.3 is 10.4 Å². The van der Waals surface area contributed by atoms with Crippen molar-refractivity contribution >= 4 is 39.6 Å². The summed E-state index contributed by atoms with van der Waals surface area (Å²) in [6.07, 6.45) is 0.950. The van der Waals surface area contributed by atoms with Crippen molar-refractivity contribution < 1.29 is 14.7 Å². The Hall–Kier alpha value is -2.67. The first-order valence-electron chi connectivity index (χ1n) is 7.11. The first-order chi connectivity index (χ1) is 11.4. The molecule has 0 aromatic heterocycles. The number of rotatable bonds is 5. The number of amides is 2. The maximum atomic E-state index is 11.8. The number of benzene rings is 2. The number of carbonyl (C=O) groups excluding carboxylic acids is 2. The Bertz CT molecular complexity index is 773. The SMILES string of the molecule is Cc1ccc(NC(=O)CC(=O)N/N=C/c2cc(Br)ccc2O)cc1. The average molecular weight is 390 g/mol. The molecule has 3 N–H and O–H groups in total. The average Bonchev–Trinajstić information content (AvgIpc) is 2.53. The Morgan fingerprint density at radius 2 is 1.88 bits per heavy atom. The highest BCUT2D eigenvalue weighted by Gasteiger charge is 2.09. The van der Waals surface area contributed by atoms with Gasteiger partial charge in [-0.15, -0.1) is 0 Å². The van der Waals surface area contributed by atoms with E-state index < -0.39 is 11.8 Å². The van der Waals surface area contributed by atoms with Crippen LogP contribution in [-0.4, -0.2) is 23.1 Å². The van der Waals surface area contributed by atoms with Crippen molar-refractivity contribution in [2.75, 3.05) is 5.32 Å². The number of aryl methyl sites for hydroxylation is 1. The van der Waals surface area contributed by atoms with E-state index in [0.29, 0.717) is 11.3 Å². The summed E-state index contributed by atoms with van der Waals surface area (Å²) in [5.74, 6) is -0.949. The van der Waals surface area contributed by atoms with Crippen molar-refractivity contribution in [2.45, 2.75) is 13.3 Å². The van der Waals surface area contributed by atoms with E-state index in [1.807, 2.05) is 19.1 Å². The summed E-state index contributed by atoms with van der Waals surface area (Å²) >= 11 is 3.27. The van der Waals surface area contributed by atoms with Crippen molar-refractivity contribution in [1.29, 1.82) is 0 Å². The second-order valence-electron chi connectivity index (χ2n) is 5.09. The first-order valence-corrected chi connectivity index (χ1v) is 7.90. The molecule has 2 aromatic carbocycles. The molecular formula is C17H16BrN3O3. The van der Waals surface area contributed by atoms with E-state index in [2.05, 4.69) is 31.8 Å². The smallest absolute Gasteiger partial charge is 0.249 e. The molecule has 0 heterocycles. The zero-order chi connectivity index (χ0) is 17.5. The molecule has 2 amide bonds. The monoisotopic (exact) mass is 389 g/mol. The van der Waals surface area contributed by atoms with Gasteiger partial charge in [-0.2, -0.15) is 5.10 Å². The van der Waals surface area contributed by atoms with Crippen LogP contribution in [0.5, 0.6) is 5.75 Å². The Morgan fingerprint density at radius 1 is 1.17 bits per heavy atom. The largest absolute Gasteiger partial charge is 0.507 e. The van der Waals surface area contributed by atoms with Gasteiger partial charge in [-0.3, -0.25) is 9.59 Å². The fourth-order valence-electron chi connectivity index (χ4n) is 1.83. The lowest BCUT2D eigenvalue weighted by Gasteiger charge is -2.05. The quantitative estimate of drug-likeness (QED) is 0.417. The number of nitrogens with one attached hydrogen (secondary N) is 2. The summed E-state index contributed by atoms with van der Waals surface area (Å²) in [4.78, 5) is 23.5. The van der Waals surface area contributed by atoms with Crippen LogP contribution in [0.1, 0.15) is 17.5 Å². The highest BCUT2D eigenvalue weighted by Crippen LogP contribution is 2.19. The van der Waals surface area contributed by atoms with E-state index in [0.717, 1.165) is 10.0 Å². The van der Waals surface area contributed by atoms with Crippen LogP contribution in [0.15, 0.2) is 52.0 Å². The number of hydrogen-bond acceptors (Lipinski definition) is 4. The van der Waals surface area contributed by atoms with E-state index in [1.54, 1.807) is 24.3 Å². The van der Waals surface area contributed by atoms with Gasteiger partial charge >= 0.3 is 0 Å². The summed E-state index contributed by atoms with van der Waals surface area (Å²) in [5, 5.41) is 16.0. The summed E-state index contributed by atoms with van der Waals surface area (Å²) in [6, 6.07) is 12.1. The number of aromatic hydroxyl groups is 1. The molecule has 0 aliphatic heterocycles. The second-order valence-corrected chi connectivity index (χ2v) is 6.00. The number of phenolic OH excluding ortho intramolecular Hbond substituents is 1. The lowest BCUT2D eigenvalue weighted by atomic mass is 10.2. The van der Waals surface area contributed by atoms with Crippen molar-refractivity contribution in [2.24, 2.45) is 5.10 Å². The van der Waals surface area contributed by atoms with Crippen molar-refractivity contribution in [3.8, 4) is 5.75 Å². The van der Waals surface area contributed by atoms with Gasteiger partial charge in [0, 0.05) is 15.7 Å². The molecule has 0 atom stereocenters. The molecule has 2 aromatic rings. The number of anilines is 1. The minimum absolute atomic E-state index is 0.0355. The maximum Gasteiger partial charge on any atom is 0.249 e. The lowest BCUT2D eigenvalue weighted by Crippen LogP contribution is -2.24. The van der Waals surface area contributed by atoms with E-state index in [4.69, 9.17) is 0 Å². The van der Waals surface area contributed by atoms with Crippen LogP contribution < -0.4 is 10.7 Å². The van der Waals surface area contributed by atoms with E-state index in [9.17, 15) is 14.7 Å². The number of halogens is 1. The Kier molecular flexibility index (Phi) is 6.08. The fourth-order valence-corrected chi connectivity index (χ4v) is 2.21. The van der Waals surface area contributed by atoms with Crippen molar-refractivity contribution in [3.63, 3.8) is 0 Å². The highest BCUT2D eigenvalue weighted by molar-refractivity contribution is 9.10. The maximum absolute atomic E-state index is 11.8. The zero-order valence-electron chi connectivity index (χ0n) is 12.9. The molecule has 0 bridgehead atoms. The zero-order valence-corrected chi connectivity index (χ0v) is 14.5. The lowest BCUT2D eigenvalue weighted by molar-refractivity contribution is -0.126. The standard InChI is InChI=1S/C17H16BrN3O3/c1-11-2-5-14(6-3-11)20-16(23)9-17(24)21-19-10-12-8-13(18)4-7-15(12)22/h2-8,10,22H,9H2,1H3,(H,20,23)(H,21,24)/b19-10+. The van der Waals surface area contributed by atoms with Gasteiger partial charge in [-0.25, -0.2) is 5.43 Å². The molecule has 0 radical (unpaired) electrons. The third-order valence-electron chi connectivity index (χ3n) is 3.04. The predicted molar refractivity (Wildman–Crippen MR) is 96.0 cm³/mol. The van der Waals surface area contributed by atoms with Gasteiger partial charge in [0.25, 0.3) is 0 Å². The molecule has 24 heavy (non-hydrogen) atoms. The number of phenols is 1. The van der Waals surface area contributed by atoms with Gasteiger partial charge in [0.2, 0.25) is 11.8 Å². The highest BCUT2D eigenvalue weighted by atomic mass is 79.9. The molecular weight excluding hydrogens is 374 g/mol. The van der Waals surface area contributed by atoms with Crippen LogP contribution in [0, 0.1) is 6.92 Å². The summed E-state index contributed by atoms with van der Waals surface area (Å²) < 4.78 is 0.769. The molecule has 7 heteroatoms. The molecule has 0 saturated heterocycles. The van der Waals surface area contributed by atoms with E-state index in [1.165, 1.54) is 12.3 Å². The van der Waals surface area contributed by atoms with Crippen LogP contribution in [0.3, 0.4) is 0 Å². The minimum Gasteiger partial charge on any atom is -0.507 e.